The minimum atomic E-state index is -3.09. The number of rotatable bonds is 3. The molecule has 104 valence electrons. The average molecular weight is 276 g/mol. The maximum atomic E-state index is 11.5. The predicted molar refractivity (Wildman–Crippen MR) is 66.6 cm³/mol. The Kier molecular flexibility index (Phi) is 3.93. The molecule has 1 amide bonds. The lowest BCUT2D eigenvalue weighted by atomic mass is 9.92. The van der Waals surface area contributed by atoms with E-state index < -0.39 is 15.9 Å². The van der Waals surface area contributed by atoms with Crippen molar-refractivity contribution in [3.63, 3.8) is 0 Å². The number of piperidine rings is 1. The molecule has 2 fully saturated rings. The van der Waals surface area contributed by atoms with Gasteiger partial charge in [-0.05, 0) is 31.8 Å². The molecule has 2 aliphatic rings. The highest BCUT2D eigenvalue weighted by molar-refractivity contribution is 7.91. The second-order valence-corrected chi connectivity index (χ2v) is 7.52. The molecule has 0 aromatic carbocycles. The number of primary amides is 1. The van der Waals surface area contributed by atoms with Crippen molar-refractivity contribution in [1.82, 2.24) is 4.90 Å². The summed E-state index contributed by atoms with van der Waals surface area (Å²) < 4.78 is 22.9. The molecule has 2 atom stereocenters. The summed E-state index contributed by atoms with van der Waals surface area (Å²) in [6, 6.07) is -0.274. The number of amides is 1. The quantitative estimate of drug-likeness (QED) is 0.669. The number of hydrogen-bond donors (Lipinski definition) is 2. The van der Waals surface area contributed by atoms with E-state index in [1.165, 1.54) is 0 Å². The Morgan fingerprint density at radius 1 is 1.28 bits per heavy atom. The molecule has 0 saturated carbocycles. The van der Waals surface area contributed by atoms with Crippen LogP contribution in [0.3, 0.4) is 0 Å². The van der Waals surface area contributed by atoms with Crippen LogP contribution < -0.4 is 5.73 Å². The maximum absolute atomic E-state index is 11.5. The number of hydrogen-bond acceptors (Lipinski definition) is 5. The zero-order chi connectivity index (χ0) is 13.3. The molecule has 2 saturated heterocycles. The molecule has 7 heteroatoms. The van der Waals surface area contributed by atoms with Crippen LogP contribution in [-0.4, -0.2) is 61.1 Å². The number of carbonyl (C=O) groups excluding carboxylic acids is 1. The van der Waals surface area contributed by atoms with Crippen molar-refractivity contribution in [2.75, 3.05) is 24.6 Å². The van der Waals surface area contributed by atoms with Gasteiger partial charge in [0.15, 0.2) is 9.84 Å². The van der Waals surface area contributed by atoms with Gasteiger partial charge in [0.1, 0.15) is 0 Å². The van der Waals surface area contributed by atoms with Gasteiger partial charge in [-0.2, -0.15) is 0 Å². The van der Waals surface area contributed by atoms with Gasteiger partial charge in [-0.3, -0.25) is 9.69 Å². The minimum Gasteiger partial charge on any atom is -0.390 e. The fourth-order valence-electron chi connectivity index (χ4n) is 2.93. The molecule has 0 aromatic rings. The van der Waals surface area contributed by atoms with Crippen LogP contribution in [0, 0.1) is 5.92 Å². The largest absolute Gasteiger partial charge is 0.390 e. The highest BCUT2D eigenvalue weighted by atomic mass is 32.2. The normalized spacial score (nSPS) is 33.6. The molecule has 2 unspecified atom stereocenters. The first-order valence-electron chi connectivity index (χ1n) is 6.28. The molecule has 2 aliphatic heterocycles. The molecule has 2 rings (SSSR count). The summed E-state index contributed by atoms with van der Waals surface area (Å²) in [4.78, 5) is 12.9. The fourth-order valence-corrected chi connectivity index (χ4v) is 4.76. The van der Waals surface area contributed by atoms with E-state index in [2.05, 4.69) is 0 Å². The number of nitrogens with zero attached hydrogens (tertiary/aromatic N) is 1. The van der Waals surface area contributed by atoms with E-state index in [0.29, 0.717) is 12.3 Å². The van der Waals surface area contributed by atoms with Crippen molar-refractivity contribution >= 4 is 15.7 Å². The first-order valence-corrected chi connectivity index (χ1v) is 8.10. The zero-order valence-corrected chi connectivity index (χ0v) is 11.1. The topological polar surface area (TPSA) is 101 Å². The minimum absolute atomic E-state index is 0.0503. The second-order valence-electron chi connectivity index (χ2n) is 5.36. The average Bonchev–Trinajstić information content (AvgIpc) is 2.52. The number of nitrogens with two attached hydrogens (primary N) is 1. The highest BCUT2D eigenvalue weighted by Crippen LogP contribution is 2.26. The van der Waals surface area contributed by atoms with Gasteiger partial charge in [-0.15, -0.1) is 0 Å². The number of aliphatic hydroxyl groups is 1. The Morgan fingerprint density at radius 3 is 2.33 bits per heavy atom. The molecule has 2 heterocycles. The summed E-state index contributed by atoms with van der Waals surface area (Å²) in [6.45, 7) is 1.46. The highest BCUT2D eigenvalue weighted by Gasteiger charge is 2.40. The lowest BCUT2D eigenvalue weighted by molar-refractivity contribution is -0.119. The monoisotopic (exact) mass is 276 g/mol. The molecular formula is C11H20N2O4S. The SMILES string of the molecule is NC(=O)CC1CCN(C2CS(=O)(=O)CC2O)CC1. The van der Waals surface area contributed by atoms with Crippen molar-refractivity contribution in [1.29, 1.82) is 0 Å². The third-order valence-electron chi connectivity index (χ3n) is 3.90. The zero-order valence-electron chi connectivity index (χ0n) is 10.3. The van der Waals surface area contributed by atoms with Crippen LogP contribution in [0.4, 0.5) is 0 Å². The van der Waals surface area contributed by atoms with E-state index in [4.69, 9.17) is 5.73 Å². The number of likely N-dealkylation sites (tertiary alicyclic amines) is 1. The number of aliphatic hydroxyl groups excluding tert-OH is 1. The molecular weight excluding hydrogens is 256 g/mol. The van der Waals surface area contributed by atoms with Gasteiger partial charge in [0.2, 0.25) is 5.91 Å². The van der Waals surface area contributed by atoms with Crippen molar-refractivity contribution in [2.24, 2.45) is 11.7 Å². The third-order valence-corrected chi connectivity index (χ3v) is 5.60. The van der Waals surface area contributed by atoms with Crippen LogP contribution in [-0.2, 0) is 14.6 Å². The second kappa shape index (κ2) is 5.14. The van der Waals surface area contributed by atoms with Crippen LogP contribution in [0.15, 0.2) is 0 Å². The Balaban J connectivity index is 1.88. The molecule has 0 radical (unpaired) electrons. The number of carbonyl (C=O) groups is 1. The Bertz CT molecular complexity index is 415. The molecule has 0 spiro atoms. The van der Waals surface area contributed by atoms with Crippen LogP contribution in [0.2, 0.25) is 0 Å². The van der Waals surface area contributed by atoms with Gasteiger partial charge in [0.25, 0.3) is 0 Å². The molecule has 6 nitrogen and oxygen atoms in total. The van der Waals surface area contributed by atoms with Crippen LogP contribution >= 0.6 is 0 Å². The maximum Gasteiger partial charge on any atom is 0.217 e. The van der Waals surface area contributed by atoms with E-state index in [0.717, 1.165) is 25.9 Å². The summed E-state index contributed by atoms with van der Waals surface area (Å²) in [5.74, 6) is -0.0566. The van der Waals surface area contributed by atoms with Crippen LogP contribution in [0.5, 0.6) is 0 Å². The lowest BCUT2D eigenvalue weighted by Gasteiger charge is -2.36. The van der Waals surface area contributed by atoms with Crippen LogP contribution in [0.25, 0.3) is 0 Å². The summed E-state index contributed by atoms with van der Waals surface area (Å²) in [5, 5.41) is 9.79. The standard InChI is InChI=1S/C11H20N2O4S/c12-11(15)5-8-1-3-13(4-2-8)9-6-18(16,17)7-10(9)14/h8-10,14H,1-7H2,(H2,12,15). The summed E-state index contributed by atoms with van der Waals surface area (Å²) in [6.07, 6.45) is 1.31. The lowest BCUT2D eigenvalue weighted by Crippen LogP contribution is -2.47. The number of sulfone groups is 1. The van der Waals surface area contributed by atoms with E-state index in [9.17, 15) is 18.3 Å². The smallest absolute Gasteiger partial charge is 0.217 e. The van der Waals surface area contributed by atoms with Crippen molar-refractivity contribution in [3.8, 4) is 0 Å². The van der Waals surface area contributed by atoms with Gasteiger partial charge in [0, 0.05) is 6.42 Å². The van der Waals surface area contributed by atoms with Gasteiger partial charge in [-0.25, -0.2) is 8.42 Å². The van der Waals surface area contributed by atoms with E-state index in [1.807, 2.05) is 4.90 Å². The predicted octanol–water partition coefficient (Wildman–Crippen LogP) is -1.27. The van der Waals surface area contributed by atoms with E-state index in [-0.39, 0.29) is 23.5 Å². The first kappa shape index (κ1) is 13.8. The summed E-state index contributed by atoms with van der Waals surface area (Å²) in [7, 11) is -3.09. The van der Waals surface area contributed by atoms with Crippen molar-refractivity contribution in [2.45, 2.75) is 31.4 Å². The molecule has 3 N–H and O–H groups in total. The molecule has 18 heavy (non-hydrogen) atoms. The molecule has 0 aliphatic carbocycles. The third kappa shape index (κ3) is 3.21. The van der Waals surface area contributed by atoms with Crippen molar-refractivity contribution < 1.29 is 18.3 Å². The van der Waals surface area contributed by atoms with E-state index >= 15 is 0 Å². The van der Waals surface area contributed by atoms with Crippen molar-refractivity contribution in [3.05, 3.63) is 0 Å². The summed E-state index contributed by atoms with van der Waals surface area (Å²) >= 11 is 0. The molecule has 0 bridgehead atoms. The summed E-state index contributed by atoms with van der Waals surface area (Å²) in [5.41, 5.74) is 5.17. The van der Waals surface area contributed by atoms with Gasteiger partial charge >= 0.3 is 0 Å². The van der Waals surface area contributed by atoms with Crippen LogP contribution in [0.1, 0.15) is 19.3 Å². The fraction of sp³-hybridized carbons (Fsp3) is 0.909. The Labute approximate surface area is 107 Å². The van der Waals surface area contributed by atoms with Gasteiger partial charge in [-0.1, -0.05) is 0 Å². The Hall–Kier alpha value is -0.660. The Morgan fingerprint density at radius 2 is 1.89 bits per heavy atom. The van der Waals surface area contributed by atoms with Gasteiger partial charge < -0.3 is 10.8 Å². The molecule has 0 aromatic heterocycles. The van der Waals surface area contributed by atoms with Gasteiger partial charge in [0.05, 0.1) is 23.7 Å². The van der Waals surface area contributed by atoms with E-state index in [1.54, 1.807) is 0 Å². The first-order chi connectivity index (χ1) is 8.37.